The van der Waals surface area contributed by atoms with E-state index in [0.717, 1.165) is 0 Å². The number of methoxy groups -OCH3 is 1. The number of carbonyl (C=O) groups excluding carboxylic acids is 1. The van der Waals surface area contributed by atoms with Gasteiger partial charge in [0.15, 0.2) is 6.29 Å². The zero-order chi connectivity index (χ0) is 17.1. The number of amides is 1. The second-order valence-corrected chi connectivity index (χ2v) is 4.44. The monoisotopic (exact) mass is 400 g/mol. The van der Waals surface area contributed by atoms with Crippen molar-refractivity contribution in [2.75, 3.05) is 7.11 Å². The van der Waals surface area contributed by atoms with Crippen LogP contribution in [0.3, 0.4) is 0 Å². The molecule has 1 aromatic carbocycles. The number of aliphatic hydroxyl groups excluding tert-OH is 2. The fraction of sp³-hybridized carbons (Fsp3) is 0.562. The third kappa shape index (κ3) is 8.33. The molecule has 6 nitrogen and oxygen atoms in total. The maximum absolute atomic E-state index is 10.8. The van der Waals surface area contributed by atoms with Crippen LogP contribution in [0.2, 0.25) is 0 Å². The Morgan fingerprint density at radius 1 is 1.17 bits per heavy atom. The largest absolute Gasteiger partial charge is 0.666 e. The summed E-state index contributed by atoms with van der Waals surface area (Å²) in [4.78, 5) is 10.8. The van der Waals surface area contributed by atoms with Gasteiger partial charge in [-0.1, -0.05) is 20.8 Å². The fourth-order valence-corrected chi connectivity index (χ4v) is 1.84. The minimum absolute atomic E-state index is 0. The van der Waals surface area contributed by atoms with Crippen molar-refractivity contribution in [3.63, 3.8) is 0 Å². The van der Waals surface area contributed by atoms with E-state index in [1.165, 1.54) is 14.0 Å². The van der Waals surface area contributed by atoms with Crippen LogP contribution in [0.15, 0.2) is 30.3 Å². The molecular weight excluding hydrogens is 375 g/mol. The Balaban J connectivity index is 0. The van der Waals surface area contributed by atoms with Crippen LogP contribution >= 0.6 is 0 Å². The van der Waals surface area contributed by atoms with E-state index < -0.39 is 36.4 Å². The van der Waals surface area contributed by atoms with Crippen LogP contribution in [0, 0.1) is 12.0 Å². The molecule has 0 aliphatic carbocycles. The van der Waals surface area contributed by atoms with Gasteiger partial charge in [-0.05, 0) is 0 Å². The van der Waals surface area contributed by atoms with Crippen molar-refractivity contribution in [3.8, 4) is 0 Å². The van der Waals surface area contributed by atoms with Gasteiger partial charge in [0.1, 0.15) is 12.2 Å². The number of carbonyl (C=O) groups is 1. The Hall–Kier alpha value is -0.366. The van der Waals surface area contributed by atoms with Crippen molar-refractivity contribution in [3.05, 3.63) is 42.1 Å². The SMILES string of the molecule is CC.COC1OC(C([NH-])=O)C(C)C(O)C1O.[Y].[c-]1ccccc1. The Kier molecular flexibility index (Phi) is 15.2. The molecule has 7 heteroatoms. The average molecular weight is 400 g/mol. The van der Waals surface area contributed by atoms with Crippen LogP contribution in [0.1, 0.15) is 20.8 Å². The Labute approximate surface area is 163 Å². The van der Waals surface area contributed by atoms with Gasteiger partial charge in [-0.2, -0.15) is 36.4 Å². The molecular formula is C16H25NO5Y-2. The molecule has 0 spiro atoms. The molecule has 1 aliphatic rings. The second-order valence-electron chi connectivity index (χ2n) is 4.44. The summed E-state index contributed by atoms with van der Waals surface area (Å²) in [6.45, 7) is 5.54. The first kappa shape index (κ1) is 24.9. The molecule has 3 N–H and O–H groups in total. The van der Waals surface area contributed by atoms with Crippen molar-refractivity contribution in [2.45, 2.75) is 45.4 Å². The van der Waals surface area contributed by atoms with E-state index >= 15 is 0 Å². The first-order valence-electron chi connectivity index (χ1n) is 7.20. The molecule has 1 amide bonds. The number of aliphatic hydroxyl groups is 2. The molecule has 0 bridgehead atoms. The molecule has 2 rings (SSSR count). The third-order valence-corrected chi connectivity index (χ3v) is 3.02. The molecule has 1 fully saturated rings. The summed E-state index contributed by atoms with van der Waals surface area (Å²) in [5.41, 5.74) is 6.91. The molecule has 129 valence electrons. The summed E-state index contributed by atoms with van der Waals surface area (Å²) in [6.07, 6.45) is -4.41. The topological polar surface area (TPSA) is 99.8 Å². The Bertz CT molecular complexity index is 378. The molecule has 1 aromatic rings. The summed E-state index contributed by atoms with van der Waals surface area (Å²) < 4.78 is 9.76. The number of nitrogens with one attached hydrogen (secondary N) is 1. The predicted octanol–water partition coefficient (Wildman–Crippen LogP) is 1.80. The second kappa shape index (κ2) is 14.0. The predicted molar refractivity (Wildman–Crippen MR) is 82.8 cm³/mol. The summed E-state index contributed by atoms with van der Waals surface area (Å²) >= 11 is 0. The minimum atomic E-state index is -1.19. The first-order chi connectivity index (χ1) is 10.5. The summed E-state index contributed by atoms with van der Waals surface area (Å²) in [6, 6.07) is 12.5. The Morgan fingerprint density at radius 2 is 1.70 bits per heavy atom. The molecule has 5 unspecified atom stereocenters. The molecule has 0 saturated carbocycles. The minimum Gasteiger partial charge on any atom is -0.666 e. The van der Waals surface area contributed by atoms with Gasteiger partial charge in [0.05, 0.1) is 12.0 Å². The number of benzene rings is 1. The van der Waals surface area contributed by atoms with E-state index in [2.05, 4.69) is 6.07 Å². The van der Waals surface area contributed by atoms with Crippen LogP contribution in [-0.2, 0) is 47.0 Å². The molecule has 1 aliphatic heterocycles. The van der Waals surface area contributed by atoms with Crippen LogP contribution in [0.4, 0.5) is 0 Å². The molecule has 1 heterocycles. The molecule has 5 atom stereocenters. The third-order valence-electron chi connectivity index (χ3n) is 3.02. The van der Waals surface area contributed by atoms with E-state index in [1.807, 2.05) is 44.2 Å². The van der Waals surface area contributed by atoms with E-state index in [4.69, 9.17) is 15.2 Å². The zero-order valence-electron chi connectivity index (χ0n) is 14.0. The fourth-order valence-electron chi connectivity index (χ4n) is 1.84. The number of hydrogen-bond donors (Lipinski definition) is 2. The van der Waals surface area contributed by atoms with E-state index in [9.17, 15) is 15.0 Å². The average Bonchev–Trinajstić information content (AvgIpc) is 2.57. The van der Waals surface area contributed by atoms with Gasteiger partial charge in [-0.25, -0.2) is 0 Å². The Morgan fingerprint density at radius 3 is 2.00 bits per heavy atom. The zero-order valence-corrected chi connectivity index (χ0v) is 16.8. The molecule has 1 radical (unpaired) electrons. The van der Waals surface area contributed by atoms with Gasteiger partial charge in [0, 0.05) is 45.7 Å². The smallest absolute Gasteiger partial charge is 0.186 e. The van der Waals surface area contributed by atoms with Crippen molar-refractivity contribution >= 4 is 5.91 Å². The quantitative estimate of drug-likeness (QED) is 0.738. The maximum Gasteiger partial charge on any atom is 0.186 e. The normalized spacial score (nSPS) is 28.9. The summed E-state index contributed by atoms with van der Waals surface area (Å²) in [5.74, 6) is -1.54. The van der Waals surface area contributed by atoms with Gasteiger partial charge >= 0.3 is 0 Å². The number of ether oxygens (including phenoxy) is 2. The van der Waals surface area contributed by atoms with Crippen molar-refractivity contribution in [1.82, 2.24) is 0 Å². The van der Waals surface area contributed by atoms with Gasteiger partial charge in [-0.15, -0.1) is 0 Å². The van der Waals surface area contributed by atoms with Crippen molar-refractivity contribution in [1.29, 1.82) is 0 Å². The molecule has 23 heavy (non-hydrogen) atoms. The molecule has 0 aromatic heterocycles. The summed E-state index contributed by atoms with van der Waals surface area (Å²) in [7, 11) is 1.29. The number of hydrogen-bond acceptors (Lipinski definition) is 5. The van der Waals surface area contributed by atoms with E-state index in [0.29, 0.717) is 0 Å². The van der Waals surface area contributed by atoms with Gasteiger partial charge in [-0.3, -0.25) is 0 Å². The van der Waals surface area contributed by atoms with Crippen LogP contribution < -0.4 is 0 Å². The summed E-state index contributed by atoms with van der Waals surface area (Å²) in [5, 5.41) is 19.0. The van der Waals surface area contributed by atoms with E-state index in [1.54, 1.807) is 0 Å². The van der Waals surface area contributed by atoms with Crippen molar-refractivity contribution < 1.29 is 57.2 Å². The van der Waals surface area contributed by atoms with Gasteiger partial charge in [0.2, 0.25) is 0 Å². The van der Waals surface area contributed by atoms with E-state index in [-0.39, 0.29) is 32.7 Å². The number of rotatable bonds is 2. The van der Waals surface area contributed by atoms with Crippen LogP contribution in [0.25, 0.3) is 5.73 Å². The van der Waals surface area contributed by atoms with Crippen molar-refractivity contribution in [2.24, 2.45) is 5.92 Å². The molecule has 1 saturated heterocycles. The standard InChI is InChI=1S/C8H15NO5.C6H5.C2H6.Y/c1-3-4(10)5(11)8(13-2)14-6(3)7(9)12;1-2-4-6-5-3-1;1-2;/h3-6,8,10-11H,1-2H3,(H2,9,12);1-5H;1-2H3;/q;-1;;/p-1. The van der Waals surface area contributed by atoms with Gasteiger partial charge in [0.25, 0.3) is 0 Å². The van der Waals surface area contributed by atoms with Crippen LogP contribution in [-0.4, -0.2) is 47.8 Å². The van der Waals surface area contributed by atoms with Crippen LogP contribution in [0.5, 0.6) is 0 Å². The first-order valence-corrected chi connectivity index (χ1v) is 7.20. The van der Waals surface area contributed by atoms with Gasteiger partial charge < -0.3 is 30.2 Å². The maximum atomic E-state index is 10.8.